The van der Waals surface area contributed by atoms with Gasteiger partial charge < -0.3 is 49.6 Å². The van der Waals surface area contributed by atoms with Crippen LogP contribution in [0.4, 0.5) is 37.2 Å². The van der Waals surface area contributed by atoms with Gasteiger partial charge in [-0.15, -0.1) is 0 Å². The highest BCUT2D eigenvalue weighted by atomic mass is 35.5. The van der Waals surface area contributed by atoms with E-state index in [2.05, 4.69) is 76.4 Å². The normalized spacial score (nSPS) is 11.4. The summed E-state index contributed by atoms with van der Waals surface area (Å²) in [6, 6.07) is 73.8. The predicted molar refractivity (Wildman–Crippen MR) is 517 cm³/mol. The molecule has 8 heterocycles. The number of hydrogen-bond acceptors (Lipinski definition) is 18. The fraction of sp³-hybridized carbons (Fsp3) is 0.0882. The maximum Gasteiger partial charge on any atom is 0.272 e. The number of carbonyl (C=O) groups is 5. The predicted octanol–water partition coefficient (Wildman–Crippen LogP) is 23.6. The lowest BCUT2D eigenvalue weighted by atomic mass is 10.1. The Hall–Kier alpha value is -16.1. The number of nitrogens with one attached hydrogen (secondary N) is 5. The molecule has 1 fully saturated rings. The fourth-order valence-electron chi connectivity index (χ4n) is 14.1. The van der Waals surface area contributed by atoms with Gasteiger partial charge in [-0.05, 0) is 209 Å². The third kappa shape index (κ3) is 22.1. The van der Waals surface area contributed by atoms with Crippen molar-refractivity contribution in [3.63, 3.8) is 0 Å². The van der Waals surface area contributed by atoms with Gasteiger partial charge >= 0.3 is 0 Å². The molecule has 20 rings (SSSR count). The van der Waals surface area contributed by atoms with E-state index in [9.17, 15) is 32.8 Å². The van der Waals surface area contributed by atoms with E-state index < -0.39 is 17.5 Å². The number of methoxy groups -OCH3 is 2. The second kappa shape index (κ2) is 40.7. The van der Waals surface area contributed by atoms with Crippen molar-refractivity contribution >= 4 is 160 Å². The van der Waals surface area contributed by atoms with E-state index in [0.717, 1.165) is 103 Å². The van der Waals surface area contributed by atoms with Gasteiger partial charge in [0, 0.05) is 101 Å². The minimum atomic E-state index is -0.826. The lowest BCUT2D eigenvalue weighted by Crippen LogP contribution is -2.15. The van der Waals surface area contributed by atoms with Gasteiger partial charge in [-0.2, -0.15) is 0 Å². The number of aromatic nitrogens is 12. The largest absolute Gasteiger partial charge is 0.497 e. The lowest BCUT2D eigenvalue weighted by Gasteiger charge is -2.10. The number of para-hydroxylation sites is 10. The summed E-state index contributed by atoms with van der Waals surface area (Å²) < 4.78 is 46.2. The van der Waals surface area contributed by atoms with Crippen molar-refractivity contribution in [3.05, 3.63) is 364 Å². The number of ether oxygens (including phenoxy) is 2. The van der Waals surface area contributed by atoms with Crippen LogP contribution in [0.15, 0.2) is 303 Å². The SMILES string of the molecule is COc1cc(OC)cc(C(=O)Nc2cc(-c3cnc4ccccc4n3)n(C)c2)c1.Cc1cc(C(=O)Nc2ccc(Cl)c(-c3cnc4ccccc4n3)c2)c(C)o1.Cn1cccc1C(=O)Nc1ccc(Cl)c(-c2cnc3ccccc3n2)c1.O=C(Nc1ccc(Cl)c(-c2cnc3ccccc3n2)c1)C1CC1.O=C(Nc1ccc(Cl)c(-c2cnc3ccccc3n2)c1)c1cc(F)cc(F)c1. The maximum atomic E-state index is 13.3. The van der Waals surface area contributed by atoms with Crippen molar-refractivity contribution in [2.75, 3.05) is 40.8 Å². The number of rotatable bonds is 17. The number of fused-ring (bicyclic) bond motifs is 5. The molecule has 660 valence electrons. The standard InChI is InChI=1S/C22H20N4O3.C21H12ClF2N3O.C21H16ClN3O2.C20H15ClN4O.C18H14ClN3O/c1-26-13-15(24-22(27)14-8-16(28-2)11-17(9-14)29-3)10-21(26)20-12-23-18-6-4-5-7-19(18)25-20;22-17-6-5-15(26-21(28)12-7-13(23)9-14(24)8-12)10-16(17)20-11-25-18-3-1-2-4-19(18)27-20;1-12-9-15(13(2)27-12)21(26)24-14-7-8-17(22)16(10-14)20-11-23-18-5-3-4-6-19(18)25-20;1-25-10-4-7-19(25)20(26)23-13-8-9-15(21)14(11-13)18-12-22-16-5-2-3-6-17(16)24-18;19-14-8-7-12(21-18(23)11-5-6-11)9-13(14)17-10-20-15-3-1-2-4-16(15)22-17/h4-13H,1-3H3,(H,24,27);1-11H,(H,26,28);3-11H,1-2H3,(H,24,26);2-12H,1H3,(H,23,26);1-4,7-11H,5-6H2,(H,21,23). The summed E-state index contributed by atoms with van der Waals surface area (Å²) in [7, 11) is 6.82. The van der Waals surface area contributed by atoms with E-state index in [1.165, 1.54) is 0 Å². The Morgan fingerprint density at radius 1 is 0.368 bits per heavy atom. The number of furan rings is 1. The lowest BCUT2D eigenvalue weighted by molar-refractivity contribution is -0.117. The summed E-state index contributed by atoms with van der Waals surface area (Å²) in [6.45, 7) is 3.57. The zero-order valence-corrected chi connectivity index (χ0v) is 74.7. The van der Waals surface area contributed by atoms with Crippen molar-refractivity contribution in [1.29, 1.82) is 0 Å². The molecule has 0 spiro atoms. The molecule has 1 saturated carbocycles. The van der Waals surface area contributed by atoms with Crippen molar-refractivity contribution < 1.29 is 46.6 Å². The minimum absolute atomic E-state index is 0.0721. The molecule has 31 heteroatoms. The average Bonchev–Trinajstić information content (AvgIpc) is 1.55. The zero-order chi connectivity index (χ0) is 92.9. The monoisotopic (exact) mass is 1850 g/mol. The highest BCUT2D eigenvalue weighted by Crippen LogP contribution is 2.38. The first-order chi connectivity index (χ1) is 64.4. The number of halogens is 6. The Balaban J connectivity index is 0.000000121. The van der Waals surface area contributed by atoms with E-state index in [1.807, 2.05) is 184 Å². The highest BCUT2D eigenvalue weighted by molar-refractivity contribution is 6.35. The van der Waals surface area contributed by atoms with Crippen LogP contribution in [-0.4, -0.2) is 103 Å². The Bertz CT molecular complexity index is 7640. The van der Waals surface area contributed by atoms with Gasteiger partial charge in [-0.25, -0.2) is 33.7 Å². The van der Waals surface area contributed by atoms with Crippen molar-refractivity contribution in [2.24, 2.45) is 20.0 Å². The first-order valence-corrected chi connectivity index (χ1v) is 42.8. The molecule has 0 atom stereocenters. The van der Waals surface area contributed by atoms with Gasteiger partial charge in [0.05, 0.1) is 160 Å². The molecular formula is C102H77Cl4F2N17O8. The molecule has 11 aromatic carbocycles. The van der Waals surface area contributed by atoms with Crippen LogP contribution in [0.2, 0.25) is 20.1 Å². The summed E-state index contributed by atoms with van der Waals surface area (Å²) >= 11 is 25.3. The molecule has 0 radical (unpaired) electrons. The van der Waals surface area contributed by atoms with Crippen LogP contribution < -0.4 is 36.1 Å². The third-order valence-electron chi connectivity index (χ3n) is 20.9. The quantitative estimate of drug-likeness (QED) is 0.0565. The molecule has 0 bridgehead atoms. The summed E-state index contributed by atoms with van der Waals surface area (Å²) in [5.74, 6) is -0.359. The van der Waals surface area contributed by atoms with Crippen LogP contribution in [0.1, 0.15) is 65.9 Å². The molecule has 1 aliphatic carbocycles. The van der Waals surface area contributed by atoms with Crippen LogP contribution in [0.3, 0.4) is 0 Å². The van der Waals surface area contributed by atoms with E-state index in [4.69, 9.17) is 60.3 Å². The summed E-state index contributed by atoms with van der Waals surface area (Å²) in [4.78, 5) is 107. The van der Waals surface area contributed by atoms with E-state index in [-0.39, 0.29) is 35.1 Å². The van der Waals surface area contributed by atoms with Gasteiger partial charge in [0.2, 0.25) is 5.91 Å². The van der Waals surface area contributed by atoms with E-state index in [1.54, 1.807) is 148 Å². The molecule has 0 unspecified atom stereocenters. The van der Waals surface area contributed by atoms with Gasteiger partial charge in [-0.3, -0.25) is 48.9 Å². The summed E-state index contributed by atoms with van der Waals surface area (Å²) in [5.41, 5.74) is 19.3. The number of benzene rings is 11. The van der Waals surface area contributed by atoms with Crippen molar-refractivity contribution in [2.45, 2.75) is 26.7 Å². The zero-order valence-electron chi connectivity index (χ0n) is 71.7. The number of hydrogen-bond donors (Lipinski definition) is 5. The van der Waals surface area contributed by atoms with Gasteiger partial charge in [0.15, 0.2) is 0 Å². The number of anilines is 5. The smallest absolute Gasteiger partial charge is 0.272 e. The Morgan fingerprint density at radius 3 is 1.08 bits per heavy atom. The molecule has 0 saturated heterocycles. The molecule has 19 aromatic rings. The van der Waals surface area contributed by atoms with Crippen LogP contribution >= 0.6 is 46.4 Å². The van der Waals surface area contributed by atoms with Gasteiger partial charge in [0.1, 0.15) is 46.0 Å². The molecular weight excluding hydrogens is 1770 g/mol. The van der Waals surface area contributed by atoms with E-state index >= 15 is 0 Å². The number of amides is 5. The fourth-order valence-corrected chi connectivity index (χ4v) is 14.9. The van der Waals surface area contributed by atoms with E-state index in [0.29, 0.717) is 128 Å². The Kier molecular flexibility index (Phi) is 27.6. The molecule has 5 amide bonds. The molecule has 8 aromatic heterocycles. The summed E-state index contributed by atoms with van der Waals surface area (Å²) in [5, 5.41) is 16.3. The molecule has 1 aliphatic rings. The molecule has 5 N–H and O–H groups in total. The van der Waals surface area contributed by atoms with Crippen molar-refractivity contribution in [3.8, 4) is 67.9 Å². The minimum Gasteiger partial charge on any atom is -0.497 e. The Labute approximate surface area is 779 Å². The van der Waals surface area contributed by atoms with Crippen LogP contribution in [0.5, 0.6) is 11.5 Å². The topological polar surface area (TPSA) is 316 Å². The number of aryl methyl sites for hydroxylation is 4. The maximum absolute atomic E-state index is 13.3. The van der Waals surface area contributed by atoms with Crippen LogP contribution in [-0.2, 0) is 18.9 Å². The number of nitrogens with zero attached hydrogens (tertiary/aromatic N) is 12. The van der Waals surface area contributed by atoms with Gasteiger partial charge in [0.25, 0.3) is 23.6 Å². The Morgan fingerprint density at radius 2 is 0.714 bits per heavy atom. The van der Waals surface area contributed by atoms with Crippen LogP contribution in [0, 0.1) is 31.4 Å². The highest BCUT2D eigenvalue weighted by Gasteiger charge is 2.30. The van der Waals surface area contributed by atoms with Crippen molar-refractivity contribution in [1.82, 2.24) is 59.0 Å². The van der Waals surface area contributed by atoms with Gasteiger partial charge in [-0.1, -0.05) is 107 Å². The average molecular weight is 1850 g/mol. The third-order valence-corrected chi connectivity index (χ3v) is 22.2. The first-order valence-electron chi connectivity index (χ1n) is 41.3. The summed E-state index contributed by atoms with van der Waals surface area (Å²) in [6.07, 6.45) is 14.0. The molecule has 133 heavy (non-hydrogen) atoms. The second-order valence-electron chi connectivity index (χ2n) is 30.4. The second-order valence-corrected chi connectivity index (χ2v) is 32.0. The molecule has 25 nitrogen and oxygen atoms in total. The first kappa shape index (κ1) is 90.3. The number of carbonyl (C=O) groups excluding carboxylic acids is 5. The molecule has 0 aliphatic heterocycles. The van der Waals surface area contributed by atoms with Crippen LogP contribution in [0.25, 0.3) is 112 Å².